The van der Waals surface area contributed by atoms with E-state index in [1.807, 2.05) is 12.1 Å². The van der Waals surface area contributed by atoms with Crippen molar-refractivity contribution in [3.05, 3.63) is 83.9 Å². The number of imidazole rings is 2. The molecule has 9 rings (SSSR count). The molecule has 0 aliphatic carbocycles. The molecule has 0 unspecified atom stereocenters. The zero-order chi connectivity index (χ0) is 26.9. The lowest BCUT2D eigenvalue weighted by atomic mass is 10.1. The lowest BCUT2D eigenvalue weighted by Gasteiger charge is -2.02. The fourth-order valence-electron chi connectivity index (χ4n) is 6.07. The van der Waals surface area contributed by atoms with E-state index in [0.717, 1.165) is 116 Å². The summed E-state index contributed by atoms with van der Waals surface area (Å²) in [5.41, 5.74) is 10.2. The lowest BCUT2D eigenvalue weighted by molar-refractivity contribution is 0.960. The van der Waals surface area contributed by atoms with Crippen LogP contribution in [0.1, 0.15) is 11.1 Å². The summed E-state index contributed by atoms with van der Waals surface area (Å²) in [5, 5.41) is 9.03. The van der Waals surface area contributed by atoms with Crippen molar-refractivity contribution in [2.24, 2.45) is 9.98 Å². The Morgan fingerprint density at radius 1 is 0.512 bits per heavy atom. The molecular weight excluding hydrogens is 510 g/mol. The van der Waals surface area contributed by atoms with Crippen LogP contribution in [0.2, 0.25) is 0 Å². The lowest BCUT2D eigenvalue weighted by Crippen LogP contribution is -2.19. The van der Waals surface area contributed by atoms with Gasteiger partial charge in [-0.25, -0.2) is 9.97 Å². The van der Waals surface area contributed by atoms with Crippen molar-refractivity contribution in [1.82, 2.24) is 35.6 Å². The van der Waals surface area contributed by atoms with Crippen molar-refractivity contribution < 1.29 is 0 Å². The van der Waals surface area contributed by atoms with Gasteiger partial charge in [0.2, 0.25) is 0 Å². The summed E-state index contributed by atoms with van der Waals surface area (Å²) in [6.07, 6.45) is 0. The summed E-state index contributed by atoms with van der Waals surface area (Å²) in [6, 6.07) is 25.3. The number of nitrogens with zero attached hydrogens (tertiary/aromatic N) is 4. The average Bonchev–Trinajstić information content (AvgIpc) is 3.83. The number of nitrogens with one attached hydrogen (secondary N) is 5. The Hall–Kier alpha value is -5.44. The van der Waals surface area contributed by atoms with Gasteiger partial charge < -0.3 is 25.6 Å². The van der Waals surface area contributed by atoms with Crippen LogP contribution in [0, 0.1) is 0 Å². The van der Waals surface area contributed by atoms with Gasteiger partial charge in [0.25, 0.3) is 0 Å². The fourth-order valence-corrected chi connectivity index (χ4v) is 6.07. The minimum Gasteiger partial charge on any atom is -0.368 e. The van der Waals surface area contributed by atoms with Gasteiger partial charge in [-0.15, -0.1) is 0 Å². The normalized spacial score (nSPS) is 15.1. The van der Waals surface area contributed by atoms with E-state index in [-0.39, 0.29) is 0 Å². The number of para-hydroxylation sites is 2. The van der Waals surface area contributed by atoms with E-state index in [2.05, 4.69) is 96.2 Å². The topological polar surface area (TPSA) is 122 Å². The summed E-state index contributed by atoms with van der Waals surface area (Å²) >= 11 is 0. The van der Waals surface area contributed by atoms with E-state index in [1.54, 1.807) is 0 Å². The highest BCUT2D eigenvalue weighted by Crippen LogP contribution is 2.33. The molecular formula is C32H25N9. The molecule has 198 valence electrons. The number of amidine groups is 2. The standard InChI is InChI=1S/C32H25N9/c1-3-19(31-33-11-12-34-31)27-25(5-1)38-29(40-27)17-7-9-23-21(15-17)22-16-18(8-10-24(22)37-23)30-39-26-6-2-4-20(28(26)41-30)32-35-13-14-36-32/h1-10,15-16,37H,11-14H2,(H,33,34)(H,35,36)(H,38,40)(H,39,41). The number of benzene rings is 4. The summed E-state index contributed by atoms with van der Waals surface area (Å²) in [7, 11) is 0. The minimum absolute atomic E-state index is 0.796. The number of aromatic nitrogens is 5. The molecule has 0 fully saturated rings. The number of hydrogen-bond donors (Lipinski definition) is 5. The molecule has 0 amide bonds. The first-order valence-electron chi connectivity index (χ1n) is 13.9. The van der Waals surface area contributed by atoms with Crippen molar-refractivity contribution >= 4 is 55.5 Å². The maximum atomic E-state index is 5.01. The molecule has 0 bridgehead atoms. The predicted molar refractivity (Wildman–Crippen MR) is 165 cm³/mol. The Balaban J connectivity index is 1.15. The van der Waals surface area contributed by atoms with Crippen molar-refractivity contribution in [2.45, 2.75) is 0 Å². The molecule has 0 saturated carbocycles. The number of hydrogen-bond acceptors (Lipinski definition) is 6. The molecule has 0 atom stereocenters. The van der Waals surface area contributed by atoms with E-state index >= 15 is 0 Å². The Kier molecular flexibility index (Phi) is 4.66. The Bertz CT molecular complexity index is 2070. The van der Waals surface area contributed by atoms with Crippen LogP contribution in [0.15, 0.2) is 82.8 Å². The molecule has 9 heteroatoms. The quantitative estimate of drug-likeness (QED) is 0.215. The number of H-pyrrole nitrogens is 3. The second-order valence-corrected chi connectivity index (χ2v) is 10.5. The molecule has 0 radical (unpaired) electrons. The summed E-state index contributed by atoms with van der Waals surface area (Å²) in [5.74, 6) is 3.51. The van der Waals surface area contributed by atoms with E-state index in [0.29, 0.717) is 0 Å². The van der Waals surface area contributed by atoms with Crippen molar-refractivity contribution in [2.75, 3.05) is 26.2 Å². The first kappa shape index (κ1) is 22.4. The second kappa shape index (κ2) is 8.53. The van der Waals surface area contributed by atoms with Crippen LogP contribution in [-0.4, -0.2) is 62.8 Å². The van der Waals surface area contributed by atoms with Crippen LogP contribution in [0.3, 0.4) is 0 Å². The smallest absolute Gasteiger partial charge is 0.138 e. The van der Waals surface area contributed by atoms with E-state index in [1.165, 1.54) is 0 Å². The van der Waals surface area contributed by atoms with Gasteiger partial charge in [0.1, 0.15) is 23.3 Å². The van der Waals surface area contributed by atoms with E-state index in [9.17, 15) is 0 Å². The first-order chi connectivity index (χ1) is 20.3. The van der Waals surface area contributed by atoms with Gasteiger partial charge >= 0.3 is 0 Å². The second-order valence-electron chi connectivity index (χ2n) is 10.5. The van der Waals surface area contributed by atoms with Crippen molar-refractivity contribution in [1.29, 1.82) is 0 Å². The molecule has 9 nitrogen and oxygen atoms in total. The molecule has 7 aromatic rings. The number of aromatic amines is 3. The van der Waals surface area contributed by atoms with Gasteiger partial charge in [0.15, 0.2) is 0 Å². The molecule has 0 spiro atoms. The molecule has 41 heavy (non-hydrogen) atoms. The maximum absolute atomic E-state index is 5.01. The molecule has 2 aliphatic rings. The maximum Gasteiger partial charge on any atom is 0.138 e. The highest BCUT2D eigenvalue weighted by Gasteiger charge is 2.18. The number of rotatable bonds is 4. The zero-order valence-electron chi connectivity index (χ0n) is 22.0. The van der Waals surface area contributed by atoms with E-state index < -0.39 is 0 Å². The highest BCUT2D eigenvalue weighted by molar-refractivity contribution is 6.12. The van der Waals surface area contributed by atoms with Gasteiger partial charge in [-0.1, -0.05) is 12.1 Å². The van der Waals surface area contributed by atoms with Gasteiger partial charge in [-0.2, -0.15) is 0 Å². The summed E-state index contributed by atoms with van der Waals surface area (Å²) in [6.45, 7) is 3.32. The predicted octanol–water partition coefficient (Wildman–Crippen LogP) is 5.11. The fraction of sp³-hybridized carbons (Fsp3) is 0.125. The third-order valence-electron chi connectivity index (χ3n) is 8.03. The molecule has 3 aromatic heterocycles. The van der Waals surface area contributed by atoms with Crippen LogP contribution in [0.4, 0.5) is 0 Å². The van der Waals surface area contributed by atoms with E-state index in [4.69, 9.17) is 9.97 Å². The molecule has 2 aliphatic heterocycles. The largest absolute Gasteiger partial charge is 0.368 e. The van der Waals surface area contributed by atoms with Crippen molar-refractivity contribution in [3.63, 3.8) is 0 Å². The van der Waals surface area contributed by atoms with Crippen molar-refractivity contribution in [3.8, 4) is 22.8 Å². The number of fused-ring (bicyclic) bond motifs is 5. The minimum atomic E-state index is 0.796. The Morgan fingerprint density at radius 3 is 1.49 bits per heavy atom. The molecule has 5 heterocycles. The third-order valence-corrected chi connectivity index (χ3v) is 8.03. The van der Waals surface area contributed by atoms with Crippen LogP contribution < -0.4 is 10.6 Å². The van der Waals surface area contributed by atoms with Crippen LogP contribution in [0.25, 0.3) is 66.6 Å². The molecule has 4 aromatic carbocycles. The van der Waals surface area contributed by atoms with Gasteiger partial charge in [-0.3, -0.25) is 9.98 Å². The van der Waals surface area contributed by atoms with Crippen LogP contribution >= 0.6 is 0 Å². The Labute approximate surface area is 233 Å². The summed E-state index contributed by atoms with van der Waals surface area (Å²) < 4.78 is 0. The van der Waals surface area contributed by atoms with Crippen LogP contribution in [0.5, 0.6) is 0 Å². The molecule has 5 N–H and O–H groups in total. The third kappa shape index (κ3) is 3.48. The van der Waals surface area contributed by atoms with Gasteiger partial charge in [-0.05, 0) is 60.7 Å². The van der Waals surface area contributed by atoms with Gasteiger partial charge in [0.05, 0.1) is 35.2 Å². The SMILES string of the molecule is c1cc(C2=NCCN2)c2nc(-c3ccc4[nH]c5ccc(-c6nc7c(C8=NCCN8)cccc7[nH]6)cc5c4c3)[nH]c2c1. The number of aliphatic imine (C=N–C) groups is 2. The molecule has 0 saturated heterocycles. The van der Waals surface area contributed by atoms with Gasteiger partial charge in [0, 0.05) is 57.1 Å². The zero-order valence-corrected chi connectivity index (χ0v) is 22.0. The Morgan fingerprint density at radius 2 is 1.02 bits per heavy atom. The summed E-state index contributed by atoms with van der Waals surface area (Å²) in [4.78, 5) is 29.9. The van der Waals surface area contributed by atoms with Crippen LogP contribution in [-0.2, 0) is 0 Å². The first-order valence-corrected chi connectivity index (χ1v) is 13.9. The monoisotopic (exact) mass is 535 g/mol. The average molecular weight is 536 g/mol. The highest BCUT2D eigenvalue weighted by atomic mass is 15.1.